The van der Waals surface area contributed by atoms with Gasteiger partial charge < -0.3 is 9.47 Å². The Balaban J connectivity index is 2.75. The van der Waals surface area contributed by atoms with Gasteiger partial charge in [0.05, 0.1) is 0 Å². The first-order valence-electron chi connectivity index (χ1n) is 6.82. The van der Waals surface area contributed by atoms with Gasteiger partial charge in [0.1, 0.15) is 6.61 Å². The lowest BCUT2D eigenvalue weighted by atomic mass is 10.2. The molecule has 0 N–H and O–H groups in total. The summed E-state index contributed by atoms with van der Waals surface area (Å²) in [6.45, 7) is 10.1. The third-order valence-electron chi connectivity index (χ3n) is 2.64. The van der Waals surface area contributed by atoms with Gasteiger partial charge in [0, 0.05) is 11.1 Å². The zero-order valence-electron chi connectivity index (χ0n) is 12.9. The predicted octanol–water partition coefficient (Wildman–Crippen LogP) is 3.31. The second kappa shape index (κ2) is 8.62. The van der Waals surface area contributed by atoms with Crippen molar-refractivity contribution >= 4 is 18.0 Å². The van der Waals surface area contributed by atoms with Crippen LogP contribution in [0.4, 0.5) is 0 Å². The van der Waals surface area contributed by atoms with E-state index >= 15 is 0 Å². The number of hydrogen-bond donors (Lipinski definition) is 0. The maximum Gasteiger partial charge on any atom is 0.333 e. The summed E-state index contributed by atoms with van der Waals surface area (Å²) < 4.78 is 10.3. The molecule has 4 nitrogen and oxygen atoms in total. The molecule has 1 unspecified atom stereocenters. The topological polar surface area (TPSA) is 52.6 Å². The summed E-state index contributed by atoms with van der Waals surface area (Å²) in [6, 6.07) is 9.53. The minimum Gasteiger partial charge on any atom is -0.458 e. The lowest BCUT2D eigenvalue weighted by Gasteiger charge is -2.15. The van der Waals surface area contributed by atoms with Crippen molar-refractivity contribution < 1.29 is 19.1 Å². The number of rotatable bonds is 7. The van der Waals surface area contributed by atoms with Gasteiger partial charge in [0.15, 0.2) is 6.10 Å². The van der Waals surface area contributed by atoms with Gasteiger partial charge in [0.2, 0.25) is 0 Å². The van der Waals surface area contributed by atoms with E-state index in [4.69, 9.17) is 9.47 Å². The number of esters is 2. The summed E-state index contributed by atoms with van der Waals surface area (Å²) in [5.41, 5.74) is 1.52. The van der Waals surface area contributed by atoms with Gasteiger partial charge in [-0.25, -0.2) is 9.59 Å². The molecule has 1 aromatic rings. The Morgan fingerprint density at radius 3 is 2.23 bits per heavy atom. The van der Waals surface area contributed by atoms with Crippen LogP contribution < -0.4 is 0 Å². The molecule has 0 heterocycles. The van der Waals surface area contributed by atoms with Crippen molar-refractivity contribution in [2.24, 2.45) is 0 Å². The number of hydrogen-bond acceptors (Lipinski definition) is 4. The van der Waals surface area contributed by atoms with Crippen LogP contribution >= 0.6 is 0 Å². The molecule has 1 aromatic carbocycles. The Morgan fingerprint density at radius 1 is 1.09 bits per heavy atom. The Morgan fingerprint density at radius 2 is 1.68 bits per heavy atom. The van der Waals surface area contributed by atoms with Crippen LogP contribution in [0.15, 0.2) is 60.7 Å². The van der Waals surface area contributed by atoms with Crippen LogP contribution in [0.2, 0.25) is 0 Å². The zero-order chi connectivity index (χ0) is 16.5. The molecule has 22 heavy (non-hydrogen) atoms. The van der Waals surface area contributed by atoms with Gasteiger partial charge in [0.25, 0.3) is 0 Å². The second-order valence-electron chi connectivity index (χ2n) is 4.87. The normalized spacial score (nSPS) is 11.7. The summed E-state index contributed by atoms with van der Waals surface area (Å²) in [5, 5.41) is 0. The van der Waals surface area contributed by atoms with Gasteiger partial charge in [-0.3, -0.25) is 0 Å². The van der Waals surface area contributed by atoms with Gasteiger partial charge in [-0.2, -0.15) is 0 Å². The van der Waals surface area contributed by atoms with Crippen molar-refractivity contribution in [2.45, 2.75) is 20.0 Å². The Hall–Kier alpha value is -2.62. The summed E-state index contributed by atoms with van der Waals surface area (Å²) in [6.07, 6.45) is 2.78. The first-order valence-corrected chi connectivity index (χ1v) is 6.82. The van der Waals surface area contributed by atoms with E-state index in [0.717, 1.165) is 5.56 Å². The first-order chi connectivity index (χ1) is 10.4. The molecule has 1 atom stereocenters. The molecule has 0 radical (unpaired) electrons. The molecular formula is C18H20O4. The molecule has 4 heteroatoms. The van der Waals surface area contributed by atoms with Gasteiger partial charge in [-0.05, 0) is 25.5 Å². The average Bonchev–Trinajstić information content (AvgIpc) is 2.50. The quantitative estimate of drug-likeness (QED) is 0.572. The summed E-state index contributed by atoms with van der Waals surface area (Å²) >= 11 is 0. The van der Waals surface area contributed by atoms with Crippen LogP contribution in [0.25, 0.3) is 6.08 Å². The molecule has 0 aromatic heterocycles. The van der Waals surface area contributed by atoms with Crippen molar-refractivity contribution in [3.8, 4) is 0 Å². The Kier molecular flexibility index (Phi) is 6.83. The minimum absolute atomic E-state index is 0.0754. The van der Waals surface area contributed by atoms with Crippen LogP contribution in [0.1, 0.15) is 19.4 Å². The van der Waals surface area contributed by atoms with Crippen molar-refractivity contribution in [3.05, 3.63) is 66.3 Å². The van der Waals surface area contributed by atoms with E-state index in [2.05, 4.69) is 13.2 Å². The monoisotopic (exact) mass is 300 g/mol. The summed E-state index contributed by atoms with van der Waals surface area (Å²) in [7, 11) is 0. The molecule has 0 saturated carbocycles. The molecular weight excluding hydrogens is 280 g/mol. The lowest BCUT2D eigenvalue weighted by Crippen LogP contribution is -2.24. The molecule has 0 fully saturated rings. The maximum atomic E-state index is 11.6. The molecule has 0 amide bonds. The van der Waals surface area contributed by atoms with E-state index in [1.54, 1.807) is 26.0 Å². The highest BCUT2D eigenvalue weighted by Gasteiger charge is 2.15. The van der Waals surface area contributed by atoms with Crippen LogP contribution in [-0.4, -0.2) is 24.6 Å². The number of carbonyl (C=O) groups excluding carboxylic acids is 2. The van der Waals surface area contributed by atoms with Gasteiger partial charge in [-0.1, -0.05) is 49.6 Å². The lowest BCUT2D eigenvalue weighted by molar-refractivity contribution is -0.151. The predicted molar refractivity (Wildman–Crippen MR) is 85.9 cm³/mol. The maximum absolute atomic E-state index is 11.6. The fourth-order valence-electron chi connectivity index (χ4n) is 1.43. The van der Waals surface area contributed by atoms with E-state index in [1.807, 2.05) is 30.3 Å². The van der Waals surface area contributed by atoms with Crippen LogP contribution in [0.3, 0.4) is 0 Å². The summed E-state index contributed by atoms with van der Waals surface area (Å²) in [4.78, 5) is 23.1. The molecule has 0 aliphatic heterocycles. The Labute approximate surface area is 130 Å². The van der Waals surface area contributed by atoms with E-state index in [0.29, 0.717) is 0 Å². The highest BCUT2D eigenvalue weighted by molar-refractivity contribution is 5.88. The van der Waals surface area contributed by atoms with E-state index in [-0.39, 0.29) is 17.8 Å². The van der Waals surface area contributed by atoms with Gasteiger partial charge in [-0.15, -0.1) is 0 Å². The fraction of sp³-hybridized carbons (Fsp3) is 0.222. The van der Waals surface area contributed by atoms with Gasteiger partial charge >= 0.3 is 11.9 Å². The molecule has 116 valence electrons. The highest BCUT2D eigenvalue weighted by Crippen LogP contribution is 2.07. The van der Waals surface area contributed by atoms with Crippen LogP contribution in [-0.2, 0) is 19.1 Å². The van der Waals surface area contributed by atoms with Crippen molar-refractivity contribution in [1.82, 2.24) is 0 Å². The number of carbonyl (C=O) groups is 2. The third-order valence-corrected chi connectivity index (χ3v) is 2.64. The van der Waals surface area contributed by atoms with E-state index in [9.17, 15) is 9.59 Å². The molecule has 0 aliphatic rings. The second-order valence-corrected chi connectivity index (χ2v) is 4.87. The SMILES string of the molecule is C=C(C)C(=O)OCC(C=Cc1ccccc1)OC(=O)C(=C)C. The van der Waals surface area contributed by atoms with Crippen molar-refractivity contribution in [1.29, 1.82) is 0 Å². The molecule has 0 aliphatic carbocycles. The molecule has 0 spiro atoms. The van der Waals surface area contributed by atoms with Crippen molar-refractivity contribution in [3.63, 3.8) is 0 Å². The molecule has 1 rings (SSSR count). The molecule has 0 bridgehead atoms. The van der Waals surface area contributed by atoms with Crippen LogP contribution in [0, 0.1) is 0 Å². The van der Waals surface area contributed by atoms with E-state index < -0.39 is 18.0 Å². The largest absolute Gasteiger partial charge is 0.458 e. The Bertz CT molecular complexity index is 584. The standard InChI is InChI=1S/C18H20O4/c1-13(2)17(19)21-12-16(22-18(20)14(3)4)11-10-15-8-6-5-7-9-15/h5-11,16H,1,3,12H2,2,4H3. The minimum atomic E-state index is -0.687. The number of ether oxygens (including phenoxy) is 2. The number of benzene rings is 1. The average molecular weight is 300 g/mol. The molecule has 0 saturated heterocycles. The highest BCUT2D eigenvalue weighted by atomic mass is 16.6. The zero-order valence-corrected chi connectivity index (χ0v) is 12.9. The van der Waals surface area contributed by atoms with Crippen LogP contribution in [0.5, 0.6) is 0 Å². The van der Waals surface area contributed by atoms with E-state index in [1.165, 1.54) is 0 Å². The van der Waals surface area contributed by atoms with Crippen molar-refractivity contribution in [2.75, 3.05) is 6.61 Å². The summed E-state index contributed by atoms with van der Waals surface area (Å²) in [5.74, 6) is -1.06. The first kappa shape index (κ1) is 17.4. The third kappa shape index (κ3) is 6.22. The fourth-order valence-corrected chi connectivity index (χ4v) is 1.43. The smallest absolute Gasteiger partial charge is 0.333 e.